The van der Waals surface area contributed by atoms with E-state index in [0.717, 1.165) is 30.6 Å². The Labute approximate surface area is 158 Å². The summed E-state index contributed by atoms with van der Waals surface area (Å²) in [5.41, 5.74) is 8.59. The summed E-state index contributed by atoms with van der Waals surface area (Å²) in [6, 6.07) is 10.1. The molecule has 0 fully saturated rings. The van der Waals surface area contributed by atoms with Crippen LogP contribution in [0.4, 0.5) is 0 Å². The van der Waals surface area contributed by atoms with E-state index in [9.17, 15) is 4.79 Å². The smallest absolute Gasteiger partial charge is 0.280 e. The fraction of sp³-hybridized carbons (Fsp3) is 0.333. The van der Waals surface area contributed by atoms with Crippen molar-refractivity contribution in [3.63, 3.8) is 0 Å². The van der Waals surface area contributed by atoms with E-state index in [1.54, 1.807) is 0 Å². The van der Waals surface area contributed by atoms with Crippen LogP contribution in [0.3, 0.4) is 0 Å². The number of hydrazine groups is 1. The summed E-state index contributed by atoms with van der Waals surface area (Å²) in [5, 5.41) is 5.43. The molecule has 0 bridgehead atoms. The van der Waals surface area contributed by atoms with Gasteiger partial charge in [-0.1, -0.05) is 29.8 Å². The highest BCUT2D eigenvalue weighted by atomic mass is 32.1. The maximum atomic E-state index is 12.4. The van der Waals surface area contributed by atoms with Crippen LogP contribution < -0.4 is 21.1 Å². The molecule has 0 unspecified atom stereocenters. The number of carbonyl (C=O) groups is 1. The van der Waals surface area contributed by atoms with Gasteiger partial charge in [0.05, 0.1) is 20.6 Å². The zero-order chi connectivity index (χ0) is 18.2. The first kappa shape index (κ1) is 19.4. The van der Waals surface area contributed by atoms with Gasteiger partial charge in [-0.15, -0.1) is 11.3 Å². The van der Waals surface area contributed by atoms with Crippen molar-refractivity contribution in [2.24, 2.45) is 0 Å². The molecule has 2 rings (SSSR count). The highest BCUT2D eigenvalue weighted by Crippen LogP contribution is 2.28. The minimum absolute atomic E-state index is 0.188. The molecule has 0 atom stereocenters. The van der Waals surface area contributed by atoms with Crippen LogP contribution in [0, 0.1) is 6.92 Å². The monoisotopic (exact) mass is 377 g/mol. The summed E-state index contributed by atoms with van der Waals surface area (Å²) in [6.07, 6.45) is 1.01. The summed E-state index contributed by atoms with van der Waals surface area (Å²) < 4.78 is 0. The molecular weight excluding hydrogens is 352 g/mol. The zero-order valence-corrected chi connectivity index (χ0v) is 16.4. The molecule has 0 aliphatic heterocycles. The second-order valence-corrected chi connectivity index (χ2v) is 7.50. The van der Waals surface area contributed by atoms with Crippen molar-refractivity contribution in [2.75, 3.05) is 27.2 Å². The number of carbonyl (C=O) groups excluding carboxylic acids is 1. The van der Waals surface area contributed by atoms with Crippen LogP contribution in [0.25, 0.3) is 11.1 Å². The van der Waals surface area contributed by atoms with Crippen molar-refractivity contribution in [1.82, 2.24) is 16.2 Å². The Hall–Kier alpha value is -1.96. The SMILES string of the molecule is Cc1ccc(-c2ccsc2C(=O)NNC(=S)NCCC[NH+](C)C)cc1. The summed E-state index contributed by atoms with van der Waals surface area (Å²) in [5.74, 6) is -0.188. The lowest BCUT2D eigenvalue weighted by atomic mass is 10.1. The van der Waals surface area contributed by atoms with Gasteiger partial charge in [0.2, 0.25) is 0 Å². The molecule has 1 aromatic carbocycles. The lowest BCUT2D eigenvalue weighted by Crippen LogP contribution is -3.05. The number of thiocarbonyl (C=S) groups is 1. The van der Waals surface area contributed by atoms with Gasteiger partial charge in [-0.05, 0) is 36.2 Å². The molecule has 0 aliphatic rings. The minimum Gasteiger partial charge on any atom is -0.361 e. The third-order valence-corrected chi connectivity index (χ3v) is 4.82. The average molecular weight is 378 g/mol. The van der Waals surface area contributed by atoms with Crippen LogP contribution in [-0.4, -0.2) is 38.2 Å². The number of nitrogens with one attached hydrogen (secondary N) is 4. The van der Waals surface area contributed by atoms with E-state index >= 15 is 0 Å². The van der Waals surface area contributed by atoms with Gasteiger partial charge >= 0.3 is 0 Å². The first-order valence-corrected chi connectivity index (χ1v) is 9.54. The predicted molar refractivity (Wildman–Crippen MR) is 108 cm³/mol. The number of thiophene rings is 1. The lowest BCUT2D eigenvalue weighted by molar-refractivity contribution is -0.858. The van der Waals surface area contributed by atoms with Crippen molar-refractivity contribution in [1.29, 1.82) is 0 Å². The van der Waals surface area contributed by atoms with E-state index < -0.39 is 0 Å². The molecule has 7 heteroatoms. The fourth-order valence-electron chi connectivity index (χ4n) is 2.30. The third-order valence-electron chi connectivity index (χ3n) is 3.66. The topological polar surface area (TPSA) is 57.6 Å². The van der Waals surface area contributed by atoms with E-state index in [0.29, 0.717) is 9.99 Å². The molecular formula is C18H25N4OS2+. The quantitative estimate of drug-likeness (QED) is 0.349. The molecule has 134 valence electrons. The van der Waals surface area contributed by atoms with Crippen molar-refractivity contribution in [3.05, 3.63) is 46.2 Å². The van der Waals surface area contributed by atoms with E-state index in [4.69, 9.17) is 12.2 Å². The Morgan fingerprint density at radius 1 is 1.16 bits per heavy atom. The number of hydrogen-bond acceptors (Lipinski definition) is 3. The molecule has 0 aliphatic carbocycles. The van der Waals surface area contributed by atoms with Gasteiger partial charge < -0.3 is 10.2 Å². The molecule has 1 heterocycles. The van der Waals surface area contributed by atoms with Crippen molar-refractivity contribution >= 4 is 34.6 Å². The lowest BCUT2D eigenvalue weighted by Gasteiger charge is -2.12. The molecule has 2 aromatic rings. The van der Waals surface area contributed by atoms with Gasteiger partial charge in [-0.2, -0.15) is 0 Å². The second-order valence-electron chi connectivity index (χ2n) is 6.18. The molecule has 5 nitrogen and oxygen atoms in total. The average Bonchev–Trinajstić information content (AvgIpc) is 3.07. The molecule has 0 saturated carbocycles. The minimum atomic E-state index is -0.188. The Bertz CT molecular complexity index is 710. The Morgan fingerprint density at radius 2 is 1.88 bits per heavy atom. The van der Waals surface area contributed by atoms with Crippen molar-refractivity contribution in [2.45, 2.75) is 13.3 Å². The van der Waals surface area contributed by atoms with Crippen molar-refractivity contribution in [3.8, 4) is 11.1 Å². The Kier molecular flexibility index (Phi) is 7.36. The number of amides is 1. The molecule has 25 heavy (non-hydrogen) atoms. The third kappa shape index (κ3) is 6.12. The number of hydrogen-bond donors (Lipinski definition) is 4. The van der Waals surface area contributed by atoms with Crippen LogP contribution in [0.15, 0.2) is 35.7 Å². The molecule has 1 aromatic heterocycles. The maximum absolute atomic E-state index is 12.4. The first-order chi connectivity index (χ1) is 12.0. The largest absolute Gasteiger partial charge is 0.361 e. The zero-order valence-electron chi connectivity index (χ0n) is 14.8. The van der Waals surface area contributed by atoms with Gasteiger partial charge in [0.1, 0.15) is 4.88 Å². The molecule has 1 amide bonds. The molecule has 0 spiro atoms. The van der Waals surface area contributed by atoms with Crippen LogP contribution in [0.1, 0.15) is 21.7 Å². The van der Waals surface area contributed by atoms with Crippen LogP contribution in [-0.2, 0) is 0 Å². The summed E-state index contributed by atoms with van der Waals surface area (Å²) in [6.45, 7) is 3.89. The van der Waals surface area contributed by atoms with Gasteiger partial charge in [0.25, 0.3) is 5.91 Å². The van der Waals surface area contributed by atoms with E-state index in [1.807, 2.05) is 42.6 Å². The number of benzene rings is 1. The number of aryl methyl sites for hydroxylation is 1. The maximum Gasteiger partial charge on any atom is 0.280 e. The van der Waals surface area contributed by atoms with Crippen LogP contribution in [0.5, 0.6) is 0 Å². The number of quaternary nitrogens is 1. The molecule has 0 radical (unpaired) electrons. The summed E-state index contributed by atoms with van der Waals surface area (Å²) in [7, 11) is 4.23. The summed E-state index contributed by atoms with van der Waals surface area (Å²) in [4.78, 5) is 14.5. The predicted octanol–water partition coefficient (Wildman–Crippen LogP) is 1.37. The van der Waals surface area contributed by atoms with Gasteiger partial charge in [-0.3, -0.25) is 15.6 Å². The first-order valence-electron chi connectivity index (χ1n) is 8.25. The van der Waals surface area contributed by atoms with Gasteiger partial charge in [0.15, 0.2) is 5.11 Å². The van der Waals surface area contributed by atoms with E-state index in [1.165, 1.54) is 21.8 Å². The normalized spacial score (nSPS) is 10.6. The van der Waals surface area contributed by atoms with Crippen LogP contribution >= 0.6 is 23.6 Å². The summed E-state index contributed by atoms with van der Waals surface area (Å²) >= 11 is 6.60. The standard InChI is InChI=1S/C18H24N4OS2/c1-13-5-7-14(8-6-13)15-9-12-25-16(15)17(23)20-21-18(24)19-10-4-11-22(2)3/h5-9,12H,4,10-11H2,1-3H3,(H,20,23)(H2,19,21,24)/p+1. The highest BCUT2D eigenvalue weighted by Gasteiger charge is 2.14. The van der Waals surface area contributed by atoms with E-state index in [2.05, 4.69) is 30.3 Å². The Balaban J connectivity index is 1.86. The van der Waals surface area contributed by atoms with Crippen molar-refractivity contribution < 1.29 is 9.69 Å². The number of rotatable bonds is 6. The van der Waals surface area contributed by atoms with E-state index in [-0.39, 0.29) is 5.91 Å². The highest BCUT2D eigenvalue weighted by molar-refractivity contribution is 7.80. The van der Waals surface area contributed by atoms with Crippen LogP contribution in [0.2, 0.25) is 0 Å². The van der Waals surface area contributed by atoms with Gasteiger partial charge in [-0.25, -0.2) is 0 Å². The molecule has 0 saturated heterocycles. The Morgan fingerprint density at radius 3 is 2.56 bits per heavy atom. The fourth-order valence-corrected chi connectivity index (χ4v) is 3.27. The van der Waals surface area contributed by atoms with Gasteiger partial charge in [0, 0.05) is 18.5 Å². The molecule has 4 N–H and O–H groups in total. The second kappa shape index (κ2) is 9.50.